The van der Waals surface area contributed by atoms with Gasteiger partial charge in [0.2, 0.25) is 0 Å². The van der Waals surface area contributed by atoms with Gasteiger partial charge in [-0.15, -0.1) is 0 Å². The Balaban J connectivity index is 1.58. The minimum absolute atomic E-state index is 0.0464. The molecule has 1 aliphatic heterocycles. The third kappa shape index (κ3) is 5.81. The van der Waals surface area contributed by atoms with E-state index in [1.54, 1.807) is 44.4 Å². The molecule has 0 unspecified atom stereocenters. The van der Waals surface area contributed by atoms with E-state index in [1.807, 2.05) is 42.5 Å². The summed E-state index contributed by atoms with van der Waals surface area (Å²) in [5.74, 6) is 0.0313. The highest BCUT2D eigenvalue weighted by Crippen LogP contribution is 2.44. The second kappa shape index (κ2) is 12.1. The maximum Gasteiger partial charge on any atom is 0.411 e. The largest absolute Gasteiger partial charge is 0.489 e. The lowest BCUT2D eigenvalue weighted by atomic mass is 9.95. The molecule has 200 valence electrons. The smallest absolute Gasteiger partial charge is 0.411 e. The van der Waals surface area contributed by atoms with Gasteiger partial charge < -0.3 is 19.1 Å². The molecule has 0 saturated carbocycles. The Morgan fingerprint density at radius 3 is 2.32 bits per heavy atom. The third-order valence-electron chi connectivity index (χ3n) is 6.81. The van der Waals surface area contributed by atoms with Crippen molar-refractivity contribution in [2.75, 3.05) is 27.8 Å². The lowest BCUT2D eigenvalue weighted by Crippen LogP contribution is -2.60. The second-order valence-electron chi connectivity index (χ2n) is 9.58. The zero-order valence-electron chi connectivity index (χ0n) is 21.9. The van der Waals surface area contributed by atoms with Crippen molar-refractivity contribution in [3.63, 3.8) is 0 Å². The fraction of sp³-hybridized carbons (Fsp3) is 0.333. The number of halogens is 1. The van der Waals surface area contributed by atoms with E-state index in [0.717, 1.165) is 11.1 Å². The molecule has 7 nitrogen and oxygen atoms in total. The van der Waals surface area contributed by atoms with Crippen LogP contribution in [-0.4, -0.2) is 55.2 Å². The van der Waals surface area contributed by atoms with Gasteiger partial charge in [0.05, 0.1) is 12.6 Å². The monoisotopic (exact) mass is 520 g/mol. The van der Waals surface area contributed by atoms with Crippen LogP contribution in [0.25, 0.3) is 0 Å². The summed E-state index contributed by atoms with van der Waals surface area (Å²) in [6.07, 6.45) is 0.399. The lowest BCUT2D eigenvalue weighted by Gasteiger charge is -2.40. The van der Waals surface area contributed by atoms with Crippen LogP contribution in [0.3, 0.4) is 0 Å². The summed E-state index contributed by atoms with van der Waals surface area (Å²) in [7, 11) is 4.86. The first kappa shape index (κ1) is 27.1. The summed E-state index contributed by atoms with van der Waals surface area (Å²) in [5, 5.41) is 0. The lowest BCUT2D eigenvalue weighted by molar-refractivity contribution is -0.143. The second-order valence-corrected chi connectivity index (χ2v) is 9.58. The van der Waals surface area contributed by atoms with E-state index in [0.29, 0.717) is 24.2 Å². The van der Waals surface area contributed by atoms with Crippen molar-refractivity contribution < 1.29 is 28.2 Å². The van der Waals surface area contributed by atoms with E-state index in [4.69, 9.17) is 14.2 Å². The maximum atomic E-state index is 13.9. The first-order chi connectivity index (χ1) is 18.4. The Kier molecular flexibility index (Phi) is 8.63. The molecule has 3 aromatic rings. The molecular weight excluding hydrogens is 487 g/mol. The molecular formula is C30H33FN2O5. The number of amides is 2. The van der Waals surface area contributed by atoms with Crippen LogP contribution in [0.15, 0.2) is 78.9 Å². The average molecular weight is 521 g/mol. The van der Waals surface area contributed by atoms with E-state index in [9.17, 15) is 14.0 Å². The molecule has 0 radical (unpaired) electrons. The van der Waals surface area contributed by atoms with Crippen LogP contribution in [0.2, 0.25) is 0 Å². The van der Waals surface area contributed by atoms with Crippen molar-refractivity contribution in [2.24, 2.45) is 0 Å². The Hall–Kier alpha value is -3.91. The van der Waals surface area contributed by atoms with Crippen LogP contribution in [0, 0.1) is 5.82 Å². The van der Waals surface area contributed by atoms with E-state index in [-0.39, 0.29) is 31.5 Å². The van der Waals surface area contributed by atoms with Crippen molar-refractivity contribution >= 4 is 12.0 Å². The maximum absolute atomic E-state index is 13.9. The molecule has 4 rings (SSSR count). The highest BCUT2D eigenvalue weighted by Gasteiger charge is 2.55. The molecule has 0 bridgehead atoms. The summed E-state index contributed by atoms with van der Waals surface area (Å²) in [4.78, 5) is 30.1. The molecule has 1 fully saturated rings. The van der Waals surface area contributed by atoms with Gasteiger partial charge in [-0.1, -0.05) is 60.7 Å². The first-order valence-corrected chi connectivity index (χ1v) is 12.5. The van der Waals surface area contributed by atoms with Crippen molar-refractivity contribution in [3.05, 3.63) is 101 Å². The number of hydrogen-bond donors (Lipinski definition) is 0. The van der Waals surface area contributed by atoms with Crippen molar-refractivity contribution in [3.8, 4) is 5.75 Å². The van der Waals surface area contributed by atoms with Crippen LogP contribution < -0.4 is 4.74 Å². The van der Waals surface area contributed by atoms with Gasteiger partial charge in [0.15, 0.2) is 0 Å². The molecule has 0 spiro atoms. The minimum atomic E-state index is -1.20. The minimum Gasteiger partial charge on any atom is -0.489 e. The number of carbonyl (C=O) groups is 2. The fourth-order valence-corrected chi connectivity index (χ4v) is 4.96. The third-order valence-corrected chi connectivity index (χ3v) is 6.81. The Morgan fingerprint density at radius 1 is 0.974 bits per heavy atom. The molecule has 1 aliphatic rings. The summed E-state index contributed by atoms with van der Waals surface area (Å²) in [5.41, 5.74) is 0.955. The standard InChI is InChI=1S/C30H33FN2O5/c1-32(2)28(34)30(21-36-3)18-17-27(33(30)29(35)38-19-22-9-5-4-6-10-22)23-13-15-25(16-14-23)37-20-24-11-7-8-12-26(24)31/h4-16,27H,17-21H2,1-3H3/t27-,30-/m1/s1. The highest BCUT2D eigenvalue weighted by atomic mass is 19.1. The molecule has 8 heteroatoms. The molecule has 1 heterocycles. The van der Waals surface area contributed by atoms with E-state index < -0.39 is 17.7 Å². The Bertz CT molecular complexity index is 1230. The van der Waals surface area contributed by atoms with Gasteiger partial charge in [-0.05, 0) is 42.2 Å². The normalized spacial score (nSPS) is 18.7. The van der Waals surface area contributed by atoms with Crippen molar-refractivity contribution in [1.29, 1.82) is 0 Å². The van der Waals surface area contributed by atoms with E-state index in [2.05, 4.69) is 0 Å². The van der Waals surface area contributed by atoms with E-state index in [1.165, 1.54) is 23.0 Å². The van der Waals surface area contributed by atoms with E-state index >= 15 is 0 Å². The van der Waals surface area contributed by atoms with Gasteiger partial charge in [-0.2, -0.15) is 0 Å². The first-order valence-electron chi connectivity index (χ1n) is 12.5. The summed E-state index contributed by atoms with van der Waals surface area (Å²) < 4.78 is 30.9. The van der Waals surface area contributed by atoms with Crippen LogP contribution in [0.1, 0.15) is 35.6 Å². The molecule has 2 atom stereocenters. The average Bonchev–Trinajstić information content (AvgIpc) is 3.32. The molecule has 0 aliphatic carbocycles. The molecule has 0 N–H and O–H groups in total. The number of rotatable bonds is 9. The fourth-order valence-electron chi connectivity index (χ4n) is 4.96. The molecule has 38 heavy (non-hydrogen) atoms. The van der Waals surface area contributed by atoms with Gasteiger partial charge in [0.25, 0.3) is 5.91 Å². The number of ether oxygens (including phenoxy) is 3. The zero-order chi connectivity index (χ0) is 27.1. The number of carbonyl (C=O) groups excluding carboxylic acids is 2. The highest BCUT2D eigenvalue weighted by molar-refractivity contribution is 5.91. The predicted octanol–water partition coefficient (Wildman–Crippen LogP) is 5.35. The molecule has 0 aromatic heterocycles. The summed E-state index contributed by atoms with van der Waals surface area (Å²) >= 11 is 0. The molecule has 2 amide bonds. The Labute approximate surface area is 222 Å². The van der Waals surface area contributed by atoms with Gasteiger partial charge in [0.1, 0.15) is 30.3 Å². The predicted molar refractivity (Wildman–Crippen MR) is 141 cm³/mol. The van der Waals surface area contributed by atoms with Crippen LogP contribution in [-0.2, 0) is 27.5 Å². The van der Waals surface area contributed by atoms with Crippen LogP contribution in [0.5, 0.6) is 5.75 Å². The topological polar surface area (TPSA) is 68.3 Å². The zero-order valence-corrected chi connectivity index (χ0v) is 21.9. The van der Waals surface area contributed by atoms with Crippen LogP contribution in [0.4, 0.5) is 9.18 Å². The molecule has 3 aromatic carbocycles. The number of benzene rings is 3. The van der Waals surface area contributed by atoms with Gasteiger partial charge in [0, 0.05) is 26.8 Å². The van der Waals surface area contributed by atoms with Crippen molar-refractivity contribution in [1.82, 2.24) is 9.80 Å². The number of methoxy groups -OCH3 is 1. The van der Waals surface area contributed by atoms with Gasteiger partial charge in [-0.3, -0.25) is 9.69 Å². The Morgan fingerprint density at radius 2 is 1.66 bits per heavy atom. The van der Waals surface area contributed by atoms with Crippen molar-refractivity contribution in [2.45, 2.75) is 37.6 Å². The number of hydrogen-bond acceptors (Lipinski definition) is 5. The van der Waals surface area contributed by atoms with Crippen LogP contribution >= 0.6 is 0 Å². The summed E-state index contributed by atoms with van der Waals surface area (Å²) in [6, 6.07) is 22.8. The summed E-state index contributed by atoms with van der Waals surface area (Å²) in [6.45, 7) is 0.234. The SMILES string of the molecule is COC[C@@]1(C(=O)N(C)C)CC[C@H](c2ccc(OCc3ccccc3F)cc2)N1C(=O)OCc1ccccc1. The number of likely N-dealkylation sites (N-methyl/N-ethyl adjacent to an activating group) is 1. The van der Waals surface area contributed by atoms with Gasteiger partial charge >= 0.3 is 6.09 Å². The number of likely N-dealkylation sites (tertiary alicyclic amines) is 1. The quantitative estimate of drug-likeness (QED) is 0.380. The molecule has 1 saturated heterocycles. The number of nitrogens with zero attached hydrogens (tertiary/aromatic N) is 2. The van der Waals surface area contributed by atoms with Gasteiger partial charge in [-0.25, -0.2) is 9.18 Å².